The highest BCUT2D eigenvalue weighted by Crippen LogP contribution is 2.19. The van der Waals surface area contributed by atoms with Crippen molar-refractivity contribution < 1.29 is 0 Å². The second-order valence-electron chi connectivity index (χ2n) is 4.22. The third-order valence-corrected chi connectivity index (χ3v) is 4.51. The second-order valence-corrected chi connectivity index (χ2v) is 6.79. The van der Waals surface area contributed by atoms with Crippen LogP contribution in [0, 0.1) is 0 Å². The lowest BCUT2D eigenvalue weighted by Crippen LogP contribution is -2.21. The summed E-state index contributed by atoms with van der Waals surface area (Å²) < 4.78 is 0. The first-order chi connectivity index (χ1) is 8.22. The van der Waals surface area contributed by atoms with Gasteiger partial charge in [0.25, 0.3) is 0 Å². The summed E-state index contributed by atoms with van der Waals surface area (Å²) in [5.41, 5.74) is 1.37. The summed E-state index contributed by atoms with van der Waals surface area (Å²) >= 11 is 3.96. The molecule has 0 unspecified atom stereocenters. The van der Waals surface area contributed by atoms with E-state index in [-0.39, 0.29) is 0 Å². The fourth-order valence-electron chi connectivity index (χ4n) is 1.39. The van der Waals surface area contributed by atoms with Crippen LogP contribution in [0.1, 0.15) is 26.3 Å². The molecular weight excluding hydrogens is 246 g/mol. The summed E-state index contributed by atoms with van der Waals surface area (Å²) in [6.07, 6.45) is 0. The van der Waals surface area contributed by atoms with Gasteiger partial charge in [0.05, 0.1) is 0 Å². The van der Waals surface area contributed by atoms with Crippen molar-refractivity contribution >= 4 is 23.5 Å². The summed E-state index contributed by atoms with van der Waals surface area (Å²) in [5.74, 6) is 3.68. The van der Waals surface area contributed by atoms with Crippen molar-refractivity contribution in [1.82, 2.24) is 5.32 Å². The van der Waals surface area contributed by atoms with Crippen molar-refractivity contribution in [2.75, 3.05) is 17.3 Å². The highest BCUT2D eigenvalue weighted by molar-refractivity contribution is 8.02. The molecular formula is C14H23NS2. The number of nitrogens with one attached hydrogen (secondary N) is 1. The summed E-state index contributed by atoms with van der Waals surface area (Å²) in [5, 5.41) is 3.43. The Kier molecular flexibility index (Phi) is 7.82. The first-order valence-corrected chi connectivity index (χ1v) is 8.39. The molecule has 0 atom stereocenters. The van der Waals surface area contributed by atoms with E-state index in [0.29, 0.717) is 6.04 Å². The molecule has 1 nitrogen and oxygen atoms in total. The lowest BCUT2D eigenvalue weighted by Gasteiger charge is -2.08. The minimum atomic E-state index is 0.551. The van der Waals surface area contributed by atoms with Crippen LogP contribution in [0.4, 0.5) is 0 Å². The Morgan fingerprint density at radius 2 is 1.82 bits per heavy atom. The van der Waals surface area contributed by atoms with Crippen molar-refractivity contribution in [3.63, 3.8) is 0 Å². The average Bonchev–Trinajstić information content (AvgIpc) is 2.33. The third kappa shape index (κ3) is 7.02. The van der Waals surface area contributed by atoms with Crippen LogP contribution in [0.25, 0.3) is 0 Å². The molecule has 0 aromatic heterocycles. The largest absolute Gasteiger partial charge is 0.310 e. The molecule has 1 aromatic carbocycles. The van der Waals surface area contributed by atoms with E-state index in [4.69, 9.17) is 0 Å². The maximum atomic E-state index is 3.43. The zero-order valence-corrected chi connectivity index (χ0v) is 12.7. The van der Waals surface area contributed by atoms with Gasteiger partial charge in [0.15, 0.2) is 0 Å². The predicted octanol–water partition coefficient (Wildman–Crippen LogP) is 4.03. The van der Waals surface area contributed by atoms with Gasteiger partial charge in [0.1, 0.15) is 0 Å². The Morgan fingerprint density at radius 3 is 2.41 bits per heavy atom. The molecule has 0 heterocycles. The van der Waals surface area contributed by atoms with Crippen molar-refractivity contribution in [1.29, 1.82) is 0 Å². The molecule has 17 heavy (non-hydrogen) atoms. The Bertz CT molecular complexity index is 296. The van der Waals surface area contributed by atoms with Crippen LogP contribution in [0.15, 0.2) is 29.2 Å². The van der Waals surface area contributed by atoms with Crippen molar-refractivity contribution in [2.45, 2.75) is 38.3 Å². The van der Waals surface area contributed by atoms with E-state index in [2.05, 4.69) is 50.4 Å². The minimum Gasteiger partial charge on any atom is -0.310 e. The maximum Gasteiger partial charge on any atom is 0.0207 e. The standard InChI is InChI=1S/C14H23NS2/c1-4-16-9-10-17-14-7-5-13(6-8-14)11-15-12(2)3/h5-8,12,15H,4,9-11H2,1-3H3. The van der Waals surface area contributed by atoms with Gasteiger partial charge in [0, 0.05) is 29.0 Å². The van der Waals surface area contributed by atoms with Gasteiger partial charge in [-0.05, 0) is 23.4 Å². The highest BCUT2D eigenvalue weighted by atomic mass is 32.2. The van der Waals surface area contributed by atoms with E-state index in [1.165, 1.54) is 27.7 Å². The van der Waals surface area contributed by atoms with Crippen LogP contribution >= 0.6 is 23.5 Å². The molecule has 0 saturated heterocycles. The fourth-order valence-corrected chi connectivity index (χ4v) is 3.05. The molecule has 3 heteroatoms. The van der Waals surface area contributed by atoms with Crippen LogP contribution in [0.2, 0.25) is 0 Å². The normalized spacial score (nSPS) is 11.1. The van der Waals surface area contributed by atoms with E-state index >= 15 is 0 Å². The first-order valence-electron chi connectivity index (χ1n) is 6.25. The molecule has 1 N–H and O–H groups in total. The second kappa shape index (κ2) is 8.90. The maximum absolute atomic E-state index is 3.43. The van der Waals surface area contributed by atoms with E-state index in [1.807, 2.05) is 23.5 Å². The van der Waals surface area contributed by atoms with Crippen LogP contribution in [-0.4, -0.2) is 23.3 Å². The van der Waals surface area contributed by atoms with E-state index in [0.717, 1.165) is 6.54 Å². The van der Waals surface area contributed by atoms with Gasteiger partial charge < -0.3 is 5.32 Å². The zero-order chi connectivity index (χ0) is 12.5. The smallest absolute Gasteiger partial charge is 0.0207 e. The monoisotopic (exact) mass is 269 g/mol. The lowest BCUT2D eigenvalue weighted by atomic mass is 10.2. The number of hydrogen-bond acceptors (Lipinski definition) is 3. The molecule has 0 amide bonds. The molecule has 0 radical (unpaired) electrons. The predicted molar refractivity (Wildman–Crippen MR) is 82.1 cm³/mol. The van der Waals surface area contributed by atoms with Gasteiger partial charge in [-0.2, -0.15) is 11.8 Å². The SMILES string of the molecule is CCSCCSc1ccc(CNC(C)C)cc1. The fraction of sp³-hybridized carbons (Fsp3) is 0.571. The van der Waals surface area contributed by atoms with E-state index in [9.17, 15) is 0 Å². The van der Waals surface area contributed by atoms with Crippen LogP contribution < -0.4 is 5.32 Å². The number of thioether (sulfide) groups is 2. The number of hydrogen-bond donors (Lipinski definition) is 1. The van der Waals surface area contributed by atoms with Crippen molar-refractivity contribution in [3.05, 3.63) is 29.8 Å². The number of rotatable bonds is 8. The number of benzene rings is 1. The van der Waals surface area contributed by atoms with Crippen LogP contribution in [0.5, 0.6) is 0 Å². The van der Waals surface area contributed by atoms with Gasteiger partial charge in [-0.15, -0.1) is 11.8 Å². The van der Waals surface area contributed by atoms with Crippen molar-refractivity contribution in [2.24, 2.45) is 0 Å². The molecule has 0 bridgehead atoms. The highest BCUT2D eigenvalue weighted by Gasteiger charge is 1.97. The Balaban J connectivity index is 2.29. The molecule has 96 valence electrons. The van der Waals surface area contributed by atoms with Crippen LogP contribution in [-0.2, 0) is 6.54 Å². The molecule has 0 fully saturated rings. The molecule has 1 rings (SSSR count). The van der Waals surface area contributed by atoms with E-state index < -0.39 is 0 Å². The Morgan fingerprint density at radius 1 is 1.12 bits per heavy atom. The first kappa shape index (κ1) is 14.9. The molecule has 0 aliphatic carbocycles. The molecule has 0 aliphatic rings. The lowest BCUT2D eigenvalue weighted by molar-refractivity contribution is 0.588. The molecule has 0 aliphatic heterocycles. The summed E-state index contributed by atoms with van der Waals surface area (Å²) in [7, 11) is 0. The van der Waals surface area contributed by atoms with Gasteiger partial charge >= 0.3 is 0 Å². The van der Waals surface area contributed by atoms with Crippen LogP contribution in [0.3, 0.4) is 0 Å². The molecule has 1 aromatic rings. The summed E-state index contributed by atoms with van der Waals surface area (Å²) in [6, 6.07) is 9.47. The van der Waals surface area contributed by atoms with E-state index in [1.54, 1.807) is 0 Å². The average molecular weight is 269 g/mol. The van der Waals surface area contributed by atoms with Gasteiger partial charge in [0.2, 0.25) is 0 Å². The minimum absolute atomic E-state index is 0.551. The Labute approximate surface area is 114 Å². The van der Waals surface area contributed by atoms with Gasteiger partial charge in [-0.3, -0.25) is 0 Å². The topological polar surface area (TPSA) is 12.0 Å². The Hall–Kier alpha value is -0.120. The van der Waals surface area contributed by atoms with Gasteiger partial charge in [-0.25, -0.2) is 0 Å². The summed E-state index contributed by atoms with van der Waals surface area (Å²) in [4.78, 5) is 1.38. The van der Waals surface area contributed by atoms with Gasteiger partial charge in [-0.1, -0.05) is 32.9 Å². The molecule has 0 saturated carbocycles. The summed E-state index contributed by atoms with van der Waals surface area (Å²) in [6.45, 7) is 7.53. The zero-order valence-electron chi connectivity index (χ0n) is 11.0. The quantitative estimate of drug-likeness (QED) is 0.565. The third-order valence-electron chi connectivity index (χ3n) is 2.34. The molecule has 0 spiro atoms. The van der Waals surface area contributed by atoms with Crippen molar-refractivity contribution in [3.8, 4) is 0 Å².